The lowest BCUT2D eigenvalue weighted by Gasteiger charge is -2.16. The van der Waals surface area contributed by atoms with E-state index in [9.17, 15) is 14.4 Å². The Morgan fingerprint density at radius 1 is 0.895 bits per heavy atom. The first-order valence-electron chi connectivity index (χ1n) is 11.8. The summed E-state index contributed by atoms with van der Waals surface area (Å²) in [6.45, 7) is 1.77. The second kappa shape index (κ2) is 12.7. The number of amides is 3. The molecule has 10 heteroatoms. The maximum Gasteiger partial charge on any atom is 0.411 e. The summed E-state index contributed by atoms with van der Waals surface area (Å²) in [4.78, 5) is 40.7. The molecule has 0 fully saturated rings. The molecule has 194 valence electrons. The van der Waals surface area contributed by atoms with Crippen LogP contribution in [0.3, 0.4) is 0 Å². The van der Waals surface area contributed by atoms with Crippen LogP contribution >= 0.6 is 15.9 Å². The molecule has 4 rings (SSSR count). The van der Waals surface area contributed by atoms with Crippen molar-refractivity contribution < 1.29 is 23.9 Å². The number of alkyl carbamates (subject to hydrolysis) is 1. The van der Waals surface area contributed by atoms with Crippen molar-refractivity contribution in [2.24, 2.45) is 0 Å². The molecule has 4 aromatic rings. The second-order valence-electron chi connectivity index (χ2n) is 8.17. The number of nitrogens with one attached hydrogen (secondary N) is 3. The first-order valence-corrected chi connectivity index (χ1v) is 12.6. The molecule has 9 nitrogen and oxygen atoms in total. The molecule has 0 aliphatic heterocycles. The first kappa shape index (κ1) is 26.6. The summed E-state index contributed by atoms with van der Waals surface area (Å²) >= 11 is 3.44. The van der Waals surface area contributed by atoms with E-state index in [0.717, 1.165) is 10.8 Å². The maximum absolute atomic E-state index is 12.3. The number of rotatable bonds is 8. The highest BCUT2D eigenvalue weighted by molar-refractivity contribution is 9.10. The molecule has 0 bridgehead atoms. The zero-order chi connectivity index (χ0) is 26.9. The molecule has 1 aromatic heterocycles. The Balaban J connectivity index is 1.20. The molecule has 0 aliphatic rings. The van der Waals surface area contributed by atoms with E-state index in [0.29, 0.717) is 27.1 Å². The van der Waals surface area contributed by atoms with Crippen LogP contribution in [0.5, 0.6) is 0 Å². The lowest BCUT2D eigenvalue weighted by Crippen LogP contribution is -2.30. The molecule has 1 heterocycles. The van der Waals surface area contributed by atoms with Crippen LogP contribution < -0.4 is 16.0 Å². The van der Waals surface area contributed by atoms with E-state index in [2.05, 4.69) is 36.9 Å². The van der Waals surface area contributed by atoms with Crippen molar-refractivity contribution in [2.75, 3.05) is 23.8 Å². The molecule has 38 heavy (non-hydrogen) atoms. The second-order valence-corrected chi connectivity index (χ2v) is 9.02. The van der Waals surface area contributed by atoms with Gasteiger partial charge in [0.2, 0.25) is 0 Å². The van der Waals surface area contributed by atoms with Gasteiger partial charge in [-0.3, -0.25) is 15.1 Å². The first-order chi connectivity index (χ1) is 18.4. The highest BCUT2D eigenvalue weighted by Crippen LogP contribution is 2.28. The summed E-state index contributed by atoms with van der Waals surface area (Å²) < 4.78 is 11.2. The van der Waals surface area contributed by atoms with E-state index in [1.165, 1.54) is 0 Å². The van der Waals surface area contributed by atoms with Gasteiger partial charge in [0.25, 0.3) is 5.91 Å². The van der Waals surface area contributed by atoms with Crippen molar-refractivity contribution in [3.63, 3.8) is 0 Å². The van der Waals surface area contributed by atoms with E-state index < -0.39 is 18.3 Å². The molecule has 3 amide bonds. The lowest BCUT2D eigenvalue weighted by molar-refractivity contribution is 0.102. The molecule has 0 saturated carbocycles. The molecule has 1 unspecified atom stereocenters. The fourth-order valence-electron chi connectivity index (χ4n) is 3.62. The fourth-order valence-corrected chi connectivity index (χ4v) is 4.11. The van der Waals surface area contributed by atoms with Crippen molar-refractivity contribution in [3.05, 3.63) is 101 Å². The van der Waals surface area contributed by atoms with Crippen LogP contribution in [-0.2, 0) is 9.47 Å². The lowest BCUT2D eigenvalue weighted by atomic mass is 10.1. The Morgan fingerprint density at radius 3 is 2.47 bits per heavy atom. The molecule has 0 spiro atoms. The van der Waals surface area contributed by atoms with Gasteiger partial charge >= 0.3 is 12.2 Å². The van der Waals surface area contributed by atoms with Crippen LogP contribution in [0.15, 0.2) is 89.5 Å². The average Bonchev–Trinajstić information content (AvgIpc) is 2.93. The number of anilines is 2. The van der Waals surface area contributed by atoms with Crippen LogP contribution in [0.2, 0.25) is 0 Å². The van der Waals surface area contributed by atoms with E-state index >= 15 is 0 Å². The number of ether oxygens (including phenoxy) is 2. The predicted molar refractivity (Wildman–Crippen MR) is 148 cm³/mol. The number of aromatic nitrogens is 1. The van der Waals surface area contributed by atoms with E-state index in [1.54, 1.807) is 55.6 Å². The van der Waals surface area contributed by atoms with Crippen molar-refractivity contribution in [3.8, 4) is 0 Å². The third kappa shape index (κ3) is 7.07. The minimum absolute atomic E-state index is 0.0315. The van der Waals surface area contributed by atoms with Crippen LogP contribution in [0, 0.1) is 0 Å². The highest BCUT2D eigenvalue weighted by atomic mass is 79.9. The van der Waals surface area contributed by atoms with Gasteiger partial charge in [-0.05, 0) is 64.1 Å². The third-order valence-electron chi connectivity index (χ3n) is 5.52. The standard InChI is InChI=1S/C28H25BrN4O5/c1-18(20-12-13-24(22(29)17-20)32-26(34)25-10-4-5-14-30-25)38-27(35)31-15-16-37-28(36)33-23-11-6-8-19-7-2-3-9-21(19)23/h2-14,17-18H,15-16H2,1H3,(H,31,35)(H,32,34)(H,33,36). The number of hydrogen-bond donors (Lipinski definition) is 3. The van der Waals surface area contributed by atoms with Crippen LogP contribution in [0.25, 0.3) is 10.8 Å². The van der Waals surface area contributed by atoms with Crippen molar-refractivity contribution in [1.29, 1.82) is 0 Å². The van der Waals surface area contributed by atoms with Crippen molar-refractivity contribution in [2.45, 2.75) is 13.0 Å². The van der Waals surface area contributed by atoms with E-state index in [-0.39, 0.29) is 19.1 Å². The molecule has 0 saturated heterocycles. The third-order valence-corrected chi connectivity index (χ3v) is 6.18. The molecule has 0 aliphatic carbocycles. The maximum atomic E-state index is 12.3. The van der Waals surface area contributed by atoms with Crippen molar-refractivity contribution in [1.82, 2.24) is 10.3 Å². The molecule has 3 aromatic carbocycles. The normalized spacial score (nSPS) is 11.3. The Kier molecular flexibility index (Phi) is 8.89. The van der Waals surface area contributed by atoms with Gasteiger partial charge in [0.05, 0.1) is 17.9 Å². The molecular formula is C28H25BrN4O5. The number of hydrogen-bond acceptors (Lipinski definition) is 6. The Morgan fingerprint density at radius 2 is 1.68 bits per heavy atom. The Hall–Kier alpha value is -4.44. The Bertz CT molecular complexity index is 1440. The van der Waals surface area contributed by atoms with Crippen LogP contribution in [0.4, 0.5) is 21.0 Å². The summed E-state index contributed by atoms with van der Waals surface area (Å²) in [5, 5.41) is 9.97. The Labute approximate surface area is 227 Å². The van der Waals surface area contributed by atoms with Gasteiger partial charge in [0, 0.05) is 16.1 Å². The molecule has 3 N–H and O–H groups in total. The summed E-state index contributed by atoms with van der Waals surface area (Å²) in [7, 11) is 0. The van der Waals surface area contributed by atoms with Gasteiger partial charge < -0.3 is 20.1 Å². The molecule has 0 radical (unpaired) electrons. The zero-order valence-corrected chi connectivity index (χ0v) is 22.0. The van der Waals surface area contributed by atoms with Gasteiger partial charge in [-0.2, -0.15) is 0 Å². The van der Waals surface area contributed by atoms with Gasteiger partial charge in [0.15, 0.2) is 0 Å². The number of halogens is 1. The van der Waals surface area contributed by atoms with Gasteiger partial charge in [-0.25, -0.2) is 9.59 Å². The summed E-state index contributed by atoms with van der Waals surface area (Å²) in [5.74, 6) is -0.337. The SMILES string of the molecule is CC(OC(=O)NCCOC(=O)Nc1cccc2ccccc12)c1ccc(NC(=O)c2ccccn2)c(Br)c1. The van der Waals surface area contributed by atoms with Gasteiger partial charge in [-0.1, -0.05) is 48.5 Å². The smallest absolute Gasteiger partial charge is 0.411 e. The fraction of sp³-hybridized carbons (Fsp3) is 0.143. The minimum Gasteiger partial charge on any atom is -0.447 e. The van der Waals surface area contributed by atoms with Gasteiger partial charge in [0.1, 0.15) is 18.4 Å². The predicted octanol–water partition coefficient (Wildman–Crippen LogP) is 6.29. The summed E-state index contributed by atoms with van der Waals surface area (Å²) in [6, 6.07) is 23.6. The topological polar surface area (TPSA) is 119 Å². The number of fused-ring (bicyclic) bond motifs is 1. The molecular weight excluding hydrogens is 552 g/mol. The van der Waals surface area contributed by atoms with Gasteiger partial charge in [-0.15, -0.1) is 0 Å². The quantitative estimate of drug-likeness (QED) is 0.212. The van der Waals surface area contributed by atoms with Crippen molar-refractivity contribution >= 4 is 56.2 Å². The monoisotopic (exact) mass is 576 g/mol. The number of benzene rings is 3. The highest BCUT2D eigenvalue weighted by Gasteiger charge is 2.15. The average molecular weight is 577 g/mol. The summed E-state index contributed by atoms with van der Waals surface area (Å²) in [6.07, 6.45) is -0.295. The number of carbonyl (C=O) groups is 3. The zero-order valence-electron chi connectivity index (χ0n) is 20.4. The number of pyridine rings is 1. The summed E-state index contributed by atoms with van der Waals surface area (Å²) in [5.41, 5.74) is 2.21. The van der Waals surface area contributed by atoms with Crippen LogP contribution in [0.1, 0.15) is 29.1 Å². The molecule has 1 atom stereocenters. The number of carbonyl (C=O) groups excluding carboxylic acids is 3. The van der Waals surface area contributed by atoms with E-state index in [1.807, 2.05) is 36.4 Å². The van der Waals surface area contributed by atoms with E-state index in [4.69, 9.17) is 9.47 Å². The number of nitrogens with zero attached hydrogens (tertiary/aromatic N) is 1. The largest absolute Gasteiger partial charge is 0.447 e. The van der Waals surface area contributed by atoms with Crippen LogP contribution in [-0.4, -0.2) is 36.2 Å². The minimum atomic E-state index is -0.654.